The van der Waals surface area contributed by atoms with Crippen LogP contribution in [0.2, 0.25) is 0 Å². The molecule has 3 aliphatic heterocycles. The van der Waals surface area contributed by atoms with Crippen molar-refractivity contribution in [2.45, 2.75) is 62.7 Å². The van der Waals surface area contributed by atoms with Gasteiger partial charge < -0.3 is 10.2 Å². The van der Waals surface area contributed by atoms with Crippen molar-refractivity contribution in [2.24, 2.45) is 5.92 Å². The molecule has 1 N–H and O–H groups in total. The Morgan fingerprint density at radius 3 is 2.38 bits per heavy atom. The lowest BCUT2D eigenvalue weighted by atomic mass is 10.0. The van der Waals surface area contributed by atoms with E-state index in [0.717, 1.165) is 45.3 Å². The number of piperidine rings is 1. The van der Waals surface area contributed by atoms with E-state index in [1.54, 1.807) is 9.80 Å². The molecule has 5 rings (SSSR count). The summed E-state index contributed by atoms with van der Waals surface area (Å²) in [6.45, 7) is 3.19. The molecule has 3 saturated heterocycles. The number of amides is 2. The molecule has 1 aromatic carbocycles. The minimum atomic E-state index is -2.86. The minimum absolute atomic E-state index is 0.0277. The summed E-state index contributed by atoms with van der Waals surface area (Å²) in [4.78, 5) is 30.9. The van der Waals surface area contributed by atoms with Gasteiger partial charge in [-0.1, -0.05) is 30.3 Å². The number of hydrogen-bond acceptors (Lipinski definition) is 4. The van der Waals surface area contributed by atoms with Gasteiger partial charge in [0.25, 0.3) is 5.92 Å². The number of carbonyl (C=O) groups is 2. The smallest absolute Gasteiger partial charge is 0.262 e. The van der Waals surface area contributed by atoms with Gasteiger partial charge in [-0.3, -0.25) is 19.4 Å². The number of halogens is 2. The van der Waals surface area contributed by atoms with E-state index in [9.17, 15) is 18.4 Å². The fourth-order valence-corrected chi connectivity index (χ4v) is 5.28. The zero-order valence-corrected chi connectivity index (χ0v) is 18.4. The monoisotopic (exact) mass is 446 g/mol. The maximum atomic E-state index is 14.2. The van der Waals surface area contributed by atoms with E-state index in [0.29, 0.717) is 13.1 Å². The van der Waals surface area contributed by atoms with Gasteiger partial charge in [-0.05, 0) is 31.2 Å². The second-order valence-electron chi connectivity index (χ2n) is 9.96. The largest absolute Gasteiger partial charge is 0.352 e. The van der Waals surface area contributed by atoms with E-state index in [1.165, 1.54) is 5.56 Å². The average molecular weight is 447 g/mol. The second-order valence-corrected chi connectivity index (χ2v) is 9.96. The van der Waals surface area contributed by atoms with Crippen molar-refractivity contribution in [1.29, 1.82) is 0 Å². The SMILES string of the molecule is O=C(NC1CCN(Cc2ccccc2)CC1)[C@@H]1CC(F)(F)CN1C1CN(C(=O)C2CC2)C1. The molecule has 4 aliphatic rings. The molecule has 32 heavy (non-hydrogen) atoms. The van der Waals surface area contributed by atoms with Gasteiger partial charge in [0, 0.05) is 57.1 Å². The molecule has 2 amide bonds. The average Bonchev–Trinajstić information content (AvgIpc) is 3.53. The molecule has 0 bridgehead atoms. The Kier molecular flexibility index (Phi) is 5.92. The van der Waals surface area contributed by atoms with Crippen molar-refractivity contribution in [1.82, 2.24) is 20.0 Å². The lowest BCUT2D eigenvalue weighted by molar-refractivity contribution is -0.141. The van der Waals surface area contributed by atoms with Crippen LogP contribution in [0.5, 0.6) is 0 Å². The molecule has 1 aromatic rings. The quantitative estimate of drug-likeness (QED) is 0.727. The van der Waals surface area contributed by atoms with Crippen LogP contribution in [0.4, 0.5) is 8.78 Å². The molecule has 1 aliphatic carbocycles. The molecule has 0 aromatic heterocycles. The Morgan fingerprint density at radius 1 is 1.03 bits per heavy atom. The van der Waals surface area contributed by atoms with Crippen LogP contribution in [-0.4, -0.2) is 83.3 Å². The van der Waals surface area contributed by atoms with Crippen LogP contribution in [-0.2, 0) is 16.1 Å². The summed E-state index contributed by atoms with van der Waals surface area (Å²) in [5.41, 5.74) is 1.27. The molecule has 1 saturated carbocycles. The Balaban J connectivity index is 1.12. The lowest BCUT2D eigenvalue weighted by Gasteiger charge is -2.45. The van der Waals surface area contributed by atoms with Crippen molar-refractivity contribution >= 4 is 11.8 Å². The first-order valence-corrected chi connectivity index (χ1v) is 11.9. The van der Waals surface area contributed by atoms with E-state index in [-0.39, 0.29) is 29.8 Å². The predicted octanol–water partition coefficient (Wildman–Crippen LogP) is 2.10. The van der Waals surface area contributed by atoms with Gasteiger partial charge in [0.05, 0.1) is 12.6 Å². The predicted molar refractivity (Wildman–Crippen MR) is 116 cm³/mol. The number of benzene rings is 1. The Bertz CT molecular complexity index is 834. The molecular weight excluding hydrogens is 414 g/mol. The maximum Gasteiger partial charge on any atom is 0.262 e. The highest BCUT2D eigenvalue weighted by Crippen LogP contribution is 2.38. The fraction of sp³-hybridized carbons (Fsp3) is 0.667. The van der Waals surface area contributed by atoms with Gasteiger partial charge in [0.1, 0.15) is 0 Å². The van der Waals surface area contributed by atoms with Crippen LogP contribution >= 0.6 is 0 Å². The summed E-state index contributed by atoms with van der Waals surface area (Å²) in [7, 11) is 0. The lowest BCUT2D eigenvalue weighted by Crippen LogP contribution is -2.64. The number of hydrogen-bond donors (Lipinski definition) is 1. The summed E-state index contributed by atoms with van der Waals surface area (Å²) in [5.74, 6) is -2.85. The van der Waals surface area contributed by atoms with E-state index in [1.807, 2.05) is 18.2 Å². The molecule has 8 heteroatoms. The highest BCUT2D eigenvalue weighted by Gasteiger charge is 2.53. The van der Waals surface area contributed by atoms with Crippen LogP contribution in [0.15, 0.2) is 30.3 Å². The molecule has 4 fully saturated rings. The summed E-state index contributed by atoms with van der Waals surface area (Å²) < 4.78 is 28.5. The zero-order valence-electron chi connectivity index (χ0n) is 18.4. The standard InChI is InChI=1S/C24H32F2N4O2/c25-24(26)12-21(30(16-24)20-14-29(15-20)23(32)18-6-7-18)22(31)27-19-8-10-28(11-9-19)13-17-4-2-1-3-5-17/h1-5,18-21H,6-16H2,(H,27,31)/t21-/m0/s1. The first-order valence-electron chi connectivity index (χ1n) is 11.9. The number of nitrogens with one attached hydrogen (secondary N) is 1. The summed E-state index contributed by atoms with van der Waals surface area (Å²) in [6.07, 6.45) is 3.11. The van der Waals surface area contributed by atoms with Crippen molar-refractivity contribution in [3.8, 4) is 0 Å². The molecule has 6 nitrogen and oxygen atoms in total. The van der Waals surface area contributed by atoms with Gasteiger partial charge in [-0.15, -0.1) is 0 Å². The van der Waals surface area contributed by atoms with E-state index < -0.39 is 24.9 Å². The maximum absolute atomic E-state index is 14.2. The van der Waals surface area contributed by atoms with E-state index >= 15 is 0 Å². The van der Waals surface area contributed by atoms with Crippen LogP contribution in [0, 0.1) is 5.92 Å². The molecule has 0 spiro atoms. The first-order chi connectivity index (χ1) is 15.4. The van der Waals surface area contributed by atoms with Crippen molar-refractivity contribution in [3.05, 3.63) is 35.9 Å². The molecule has 174 valence electrons. The fourth-order valence-electron chi connectivity index (χ4n) is 5.28. The number of carbonyl (C=O) groups excluding carboxylic acids is 2. The number of rotatable bonds is 6. The van der Waals surface area contributed by atoms with Crippen LogP contribution < -0.4 is 5.32 Å². The highest BCUT2D eigenvalue weighted by atomic mass is 19.3. The molecule has 3 heterocycles. The van der Waals surface area contributed by atoms with Gasteiger partial charge >= 0.3 is 0 Å². The van der Waals surface area contributed by atoms with Crippen molar-refractivity contribution in [3.63, 3.8) is 0 Å². The van der Waals surface area contributed by atoms with Gasteiger partial charge in [-0.25, -0.2) is 8.78 Å². The number of alkyl halides is 2. The van der Waals surface area contributed by atoms with Crippen LogP contribution in [0.1, 0.15) is 37.7 Å². The van der Waals surface area contributed by atoms with Crippen LogP contribution in [0.25, 0.3) is 0 Å². The topological polar surface area (TPSA) is 55.9 Å². The van der Waals surface area contributed by atoms with Gasteiger partial charge in [-0.2, -0.15) is 0 Å². The molecule has 1 atom stereocenters. The molecule has 0 unspecified atom stereocenters. The van der Waals surface area contributed by atoms with Crippen molar-refractivity contribution in [2.75, 3.05) is 32.7 Å². The molecular formula is C24H32F2N4O2. The summed E-state index contributed by atoms with van der Waals surface area (Å²) in [5, 5.41) is 3.06. The third kappa shape index (κ3) is 4.81. The Morgan fingerprint density at radius 2 is 1.72 bits per heavy atom. The minimum Gasteiger partial charge on any atom is -0.352 e. The Hall–Kier alpha value is -2.06. The van der Waals surface area contributed by atoms with Crippen LogP contribution in [0.3, 0.4) is 0 Å². The number of likely N-dealkylation sites (tertiary alicyclic amines) is 3. The summed E-state index contributed by atoms with van der Waals surface area (Å²) in [6, 6.07) is 9.38. The Labute approximate surface area is 187 Å². The number of nitrogens with zero attached hydrogens (tertiary/aromatic N) is 3. The van der Waals surface area contributed by atoms with E-state index in [2.05, 4.69) is 22.3 Å². The highest BCUT2D eigenvalue weighted by molar-refractivity contribution is 5.83. The molecule has 0 radical (unpaired) electrons. The second kappa shape index (κ2) is 8.71. The third-order valence-electron chi connectivity index (χ3n) is 7.36. The third-order valence-corrected chi connectivity index (χ3v) is 7.36. The summed E-state index contributed by atoms with van der Waals surface area (Å²) >= 11 is 0. The normalized spacial score (nSPS) is 27.3. The van der Waals surface area contributed by atoms with E-state index in [4.69, 9.17) is 0 Å². The van der Waals surface area contributed by atoms with Gasteiger partial charge in [0.15, 0.2) is 0 Å². The zero-order chi connectivity index (χ0) is 22.3. The first kappa shape index (κ1) is 21.8. The van der Waals surface area contributed by atoms with Gasteiger partial charge in [0.2, 0.25) is 11.8 Å². The van der Waals surface area contributed by atoms with Crippen molar-refractivity contribution < 1.29 is 18.4 Å².